The lowest BCUT2D eigenvalue weighted by Crippen LogP contribution is -2.06. The Labute approximate surface area is 134 Å². The summed E-state index contributed by atoms with van der Waals surface area (Å²) in [6.45, 7) is 1.64. The highest BCUT2D eigenvalue weighted by atomic mass is 19.4. The van der Waals surface area contributed by atoms with E-state index >= 15 is 0 Å². The van der Waals surface area contributed by atoms with Gasteiger partial charge < -0.3 is 9.72 Å². The lowest BCUT2D eigenvalue weighted by molar-refractivity contribution is -0.144. The highest BCUT2D eigenvalue weighted by Crippen LogP contribution is 2.30. The second-order valence-corrected chi connectivity index (χ2v) is 5.34. The molecule has 0 atom stereocenters. The maximum Gasteiger partial charge on any atom is 0.449 e. The predicted octanol–water partition coefficient (Wildman–Crippen LogP) is 4.02. The van der Waals surface area contributed by atoms with Gasteiger partial charge in [0.05, 0.1) is 12.6 Å². The van der Waals surface area contributed by atoms with Gasteiger partial charge in [-0.05, 0) is 24.1 Å². The molecule has 24 heavy (non-hydrogen) atoms. The van der Waals surface area contributed by atoms with Crippen molar-refractivity contribution in [2.75, 3.05) is 7.11 Å². The Bertz CT molecular complexity index is 902. The molecule has 3 aromatic rings. The molecular weight excluding hydrogens is 326 g/mol. The van der Waals surface area contributed by atoms with Gasteiger partial charge >= 0.3 is 6.18 Å². The lowest BCUT2D eigenvalue weighted by Gasteiger charge is -2.09. The maximum atomic E-state index is 14.2. The van der Waals surface area contributed by atoms with E-state index in [-0.39, 0.29) is 29.3 Å². The molecule has 2 aromatic heterocycles. The summed E-state index contributed by atoms with van der Waals surface area (Å²) >= 11 is 0. The van der Waals surface area contributed by atoms with Crippen LogP contribution in [-0.4, -0.2) is 22.1 Å². The third-order valence-corrected chi connectivity index (χ3v) is 3.63. The first-order valence-corrected chi connectivity index (χ1v) is 7.04. The molecule has 2 heterocycles. The smallest absolute Gasteiger partial charge is 0.449 e. The van der Waals surface area contributed by atoms with E-state index < -0.39 is 12.0 Å². The number of aromatic nitrogens is 3. The summed E-state index contributed by atoms with van der Waals surface area (Å²) < 4.78 is 57.5. The molecule has 0 aliphatic heterocycles. The van der Waals surface area contributed by atoms with Crippen LogP contribution in [0.4, 0.5) is 17.6 Å². The third-order valence-electron chi connectivity index (χ3n) is 3.63. The van der Waals surface area contributed by atoms with Crippen molar-refractivity contribution in [2.45, 2.75) is 19.5 Å². The van der Waals surface area contributed by atoms with Crippen LogP contribution in [0.25, 0.3) is 11.2 Å². The molecule has 0 amide bonds. The standard InChI is InChI=1S/C16H13F4N3O/c1-8-4-3-5-9(12(8)17)6-10-7-11-13(22-14(10)24-2)23-15(21-11)16(18,19)20/h3-5,7H,6H2,1-2H3,(H,21,22,23). The minimum Gasteiger partial charge on any atom is -0.481 e. The molecule has 0 aliphatic rings. The summed E-state index contributed by atoms with van der Waals surface area (Å²) in [7, 11) is 1.35. The predicted molar refractivity (Wildman–Crippen MR) is 79.4 cm³/mol. The van der Waals surface area contributed by atoms with Crippen molar-refractivity contribution in [1.82, 2.24) is 15.0 Å². The summed E-state index contributed by atoms with van der Waals surface area (Å²) in [5.74, 6) is -1.38. The summed E-state index contributed by atoms with van der Waals surface area (Å²) in [6, 6.07) is 6.41. The number of H-pyrrole nitrogens is 1. The van der Waals surface area contributed by atoms with Gasteiger partial charge in [0.15, 0.2) is 5.65 Å². The molecule has 0 aliphatic carbocycles. The number of alkyl halides is 3. The zero-order valence-corrected chi connectivity index (χ0v) is 12.8. The number of pyridine rings is 1. The second-order valence-electron chi connectivity index (χ2n) is 5.34. The van der Waals surface area contributed by atoms with Crippen LogP contribution in [0.3, 0.4) is 0 Å². The van der Waals surface area contributed by atoms with E-state index in [9.17, 15) is 17.6 Å². The molecule has 0 saturated carbocycles. The fourth-order valence-corrected chi connectivity index (χ4v) is 2.45. The average Bonchev–Trinajstić information content (AvgIpc) is 2.94. The number of rotatable bonds is 3. The van der Waals surface area contributed by atoms with Gasteiger partial charge in [0.1, 0.15) is 5.82 Å². The number of benzene rings is 1. The van der Waals surface area contributed by atoms with E-state index in [1.54, 1.807) is 25.1 Å². The van der Waals surface area contributed by atoms with Crippen molar-refractivity contribution in [3.63, 3.8) is 0 Å². The molecule has 1 aromatic carbocycles. The molecule has 0 spiro atoms. The SMILES string of the molecule is COc1nc2nc(C(F)(F)F)[nH]c2cc1Cc1cccc(C)c1F. The first-order valence-electron chi connectivity index (χ1n) is 7.04. The maximum absolute atomic E-state index is 14.2. The number of fused-ring (bicyclic) bond motifs is 1. The normalized spacial score (nSPS) is 11.9. The van der Waals surface area contributed by atoms with Gasteiger partial charge in [0, 0.05) is 12.0 Å². The van der Waals surface area contributed by atoms with E-state index in [0.29, 0.717) is 16.7 Å². The van der Waals surface area contributed by atoms with Crippen molar-refractivity contribution in [3.05, 3.63) is 52.6 Å². The Morgan fingerprint density at radius 1 is 1.17 bits per heavy atom. The second kappa shape index (κ2) is 5.77. The number of nitrogens with one attached hydrogen (secondary N) is 1. The van der Waals surface area contributed by atoms with E-state index in [2.05, 4.69) is 15.0 Å². The number of aromatic amines is 1. The zero-order chi connectivity index (χ0) is 17.5. The van der Waals surface area contributed by atoms with Crippen LogP contribution >= 0.6 is 0 Å². The number of nitrogens with zero attached hydrogens (tertiary/aromatic N) is 2. The van der Waals surface area contributed by atoms with Gasteiger partial charge in [-0.3, -0.25) is 0 Å². The van der Waals surface area contributed by atoms with E-state index in [0.717, 1.165) is 0 Å². The Morgan fingerprint density at radius 3 is 2.58 bits per heavy atom. The van der Waals surface area contributed by atoms with Gasteiger partial charge in [0.25, 0.3) is 0 Å². The van der Waals surface area contributed by atoms with Gasteiger partial charge in [0.2, 0.25) is 11.7 Å². The van der Waals surface area contributed by atoms with E-state index in [1.807, 2.05) is 0 Å². The molecule has 0 radical (unpaired) electrons. The first-order chi connectivity index (χ1) is 11.3. The van der Waals surface area contributed by atoms with Gasteiger partial charge in [-0.1, -0.05) is 18.2 Å². The molecule has 126 valence electrons. The third kappa shape index (κ3) is 2.91. The minimum absolute atomic E-state index is 0.104. The summed E-state index contributed by atoms with van der Waals surface area (Å²) in [5, 5.41) is 0. The Balaban J connectivity index is 2.08. The Hall–Kier alpha value is -2.64. The average molecular weight is 339 g/mol. The molecule has 8 heteroatoms. The Kier molecular flexibility index (Phi) is 3.90. The monoisotopic (exact) mass is 339 g/mol. The Morgan fingerprint density at radius 2 is 1.92 bits per heavy atom. The van der Waals surface area contributed by atoms with Crippen molar-refractivity contribution >= 4 is 11.2 Å². The number of halogens is 4. The summed E-state index contributed by atoms with van der Waals surface area (Å²) in [5.41, 5.74) is 1.37. The van der Waals surface area contributed by atoms with Crippen LogP contribution in [0.15, 0.2) is 24.3 Å². The zero-order valence-electron chi connectivity index (χ0n) is 12.8. The molecule has 0 saturated heterocycles. The fourth-order valence-electron chi connectivity index (χ4n) is 2.45. The van der Waals surface area contributed by atoms with Crippen LogP contribution < -0.4 is 4.74 Å². The number of aryl methyl sites for hydroxylation is 1. The highest BCUT2D eigenvalue weighted by Gasteiger charge is 2.35. The fraction of sp³-hybridized carbons (Fsp3) is 0.250. The molecule has 0 fully saturated rings. The molecule has 1 N–H and O–H groups in total. The number of imidazole rings is 1. The molecule has 0 bridgehead atoms. The minimum atomic E-state index is -4.60. The lowest BCUT2D eigenvalue weighted by atomic mass is 10.0. The quantitative estimate of drug-likeness (QED) is 0.733. The van der Waals surface area contributed by atoms with Crippen LogP contribution in [0.1, 0.15) is 22.5 Å². The van der Waals surface area contributed by atoms with Gasteiger partial charge in [-0.25, -0.2) is 9.37 Å². The van der Waals surface area contributed by atoms with Crippen LogP contribution in [0, 0.1) is 12.7 Å². The first kappa shape index (κ1) is 16.2. The molecule has 3 rings (SSSR count). The van der Waals surface area contributed by atoms with Crippen molar-refractivity contribution in [1.29, 1.82) is 0 Å². The molecule has 4 nitrogen and oxygen atoms in total. The largest absolute Gasteiger partial charge is 0.481 e. The highest BCUT2D eigenvalue weighted by molar-refractivity contribution is 5.73. The van der Waals surface area contributed by atoms with Crippen LogP contribution in [-0.2, 0) is 12.6 Å². The van der Waals surface area contributed by atoms with Crippen molar-refractivity contribution in [3.8, 4) is 5.88 Å². The van der Waals surface area contributed by atoms with Crippen molar-refractivity contribution in [2.24, 2.45) is 0 Å². The molecular formula is C16H13F4N3O. The molecule has 0 unspecified atom stereocenters. The number of hydrogen-bond donors (Lipinski definition) is 1. The van der Waals surface area contributed by atoms with E-state index in [4.69, 9.17) is 4.74 Å². The van der Waals surface area contributed by atoms with Gasteiger partial charge in [-0.15, -0.1) is 0 Å². The van der Waals surface area contributed by atoms with Crippen LogP contribution in [0.2, 0.25) is 0 Å². The van der Waals surface area contributed by atoms with Crippen molar-refractivity contribution < 1.29 is 22.3 Å². The number of hydrogen-bond acceptors (Lipinski definition) is 3. The number of methoxy groups -OCH3 is 1. The summed E-state index contributed by atoms with van der Waals surface area (Å²) in [6.07, 6.45) is -4.46. The summed E-state index contributed by atoms with van der Waals surface area (Å²) in [4.78, 5) is 9.61. The van der Waals surface area contributed by atoms with Gasteiger partial charge in [-0.2, -0.15) is 18.2 Å². The topological polar surface area (TPSA) is 50.8 Å². The number of ether oxygens (including phenoxy) is 1. The van der Waals surface area contributed by atoms with Crippen LogP contribution in [0.5, 0.6) is 5.88 Å². The van der Waals surface area contributed by atoms with E-state index in [1.165, 1.54) is 13.2 Å².